The molecule has 1 aliphatic heterocycles. The molecule has 0 aliphatic carbocycles. The Balaban J connectivity index is 1.51. The molecule has 1 amide bonds. The van der Waals surface area contributed by atoms with Gasteiger partial charge in [-0.05, 0) is 62.2 Å². The number of allylic oxidation sites excluding steroid dienone is 1. The van der Waals surface area contributed by atoms with Crippen LogP contribution in [0.15, 0.2) is 95.3 Å². The summed E-state index contributed by atoms with van der Waals surface area (Å²) in [6.45, 7) is 5.85. The second-order valence-corrected chi connectivity index (χ2v) is 10.5. The lowest BCUT2D eigenvalue weighted by molar-refractivity contribution is -0.113. The molecule has 1 aliphatic rings. The number of para-hydroxylation sites is 1. The number of benzene rings is 3. The average molecular weight is 546 g/mol. The highest BCUT2D eigenvalue weighted by atomic mass is 35.5. The lowest BCUT2D eigenvalue weighted by atomic mass is 9.95. The van der Waals surface area contributed by atoms with Crippen molar-refractivity contribution in [2.45, 2.75) is 43.8 Å². The molecular formula is C29H28ClN5O2S. The number of thioether (sulfide) groups is 1. The SMILES string of the molecule is CC1=C(C(=O)Nc2ccccc2)C(c2cccc(OC(C)C)c2)n2nc(SCc3ccccc3Cl)nc2N1. The van der Waals surface area contributed by atoms with Gasteiger partial charge in [0, 0.05) is 22.2 Å². The van der Waals surface area contributed by atoms with Crippen LogP contribution >= 0.6 is 23.4 Å². The number of nitrogens with one attached hydrogen (secondary N) is 2. The van der Waals surface area contributed by atoms with E-state index in [0.717, 1.165) is 16.9 Å². The van der Waals surface area contributed by atoms with Crippen LogP contribution in [-0.2, 0) is 10.5 Å². The Morgan fingerprint density at radius 3 is 2.63 bits per heavy atom. The van der Waals surface area contributed by atoms with E-state index in [9.17, 15) is 4.79 Å². The van der Waals surface area contributed by atoms with E-state index in [-0.39, 0.29) is 12.0 Å². The molecule has 0 radical (unpaired) electrons. The van der Waals surface area contributed by atoms with Crippen LogP contribution in [0.5, 0.6) is 5.75 Å². The van der Waals surface area contributed by atoms with E-state index in [0.29, 0.717) is 38.8 Å². The summed E-state index contributed by atoms with van der Waals surface area (Å²) < 4.78 is 7.74. The van der Waals surface area contributed by atoms with Crippen LogP contribution in [0.4, 0.5) is 11.6 Å². The number of hydrogen-bond donors (Lipinski definition) is 2. The number of rotatable bonds is 8. The molecule has 0 saturated carbocycles. The Morgan fingerprint density at radius 1 is 1.11 bits per heavy atom. The maximum atomic E-state index is 13.7. The first-order chi connectivity index (χ1) is 18.4. The maximum Gasteiger partial charge on any atom is 0.255 e. The molecule has 0 spiro atoms. The minimum absolute atomic E-state index is 0.0196. The van der Waals surface area contributed by atoms with Crippen molar-refractivity contribution in [1.29, 1.82) is 0 Å². The summed E-state index contributed by atoms with van der Waals surface area (Å²) in [4.78, 5) is 18.4. The molecular weight excluding hydrogens is 518 g/mol. The number of nitrogens with zero attached hydrogens (tertiary/aromatic N) is 3. The molecule has 0 bridgehead atoms. The Kier molecular flexibility index (Phi) is 7.72. The van der Waals surface area contributed by atoms with E-state index >= 15 is 0 Å². The maximum absolute atomic E-state index is 13.7. The second kappa shape index (κ2) is 11.3. The van der Waals surface area contributed by atoms with Gasteiger partial charge < -0.3 is 15.4 Å². The number of carbonyl (C=O) groups is 1. The van der Waals surface area contributed by atoms with Gasteiger partial charge in [-0.15, -0.1) is 5.10 Å². The highest BCUT2D eigenvalue weighted by Crippen LogP contribution is 2.38. The van der Waals surface area contributed by atoms with Crippen molar-refractivity contribution >= 4 is 40.9 Å². The Bertz CT molecular complexity index is 1490. The Hall–Kier alpha value is -3.75. The van der Waals surface area contributed by atoms with E-state index in [1.807, 2.05) is 99.6 Å². The lowest BCUT2D eigenvalue weighted by Gasteiger charge is -2.29. The van der Waals surface area contributed by atoms with E-state index in [2.05, 4.69) is 10.6 Å². The zero-order valence-electron chi connectivity index (χ0n) is 21.3. The fourth-order valence-corrected chi connectivity index (χ4v) is 5.42. The molecule has 2 heterocycles. The molecule has 1 unspecified atom stereocenters. The standard InChI is InChI=1S/C29H28ClN5O2S/c1-18(2)37-23-14-9-11-20(16-23)26-25(27(36)32-22-12-5-4-6-13-22)19(3)31-28-33-29(34-35(26)28)38-17-21-10-7-8-15-24(21)30/h4-16,18,26H,17H2,1-3H3,(H,32,36)(H,31,33,34). The number of aromatic nitrogens is 3. The number of amides is 1. The lowest BCUT2D eigenvalue weighted by Crippen LogP contribution is -2.31. The zero-order valence-corrected chi connectivity index (χ0v) is 22.9. The van der Waals surface area contributed by atoms with Crippen molar-refractivity contribution in [3.05, 3.63) is 106 Å². The molecule has 4 aromatic rings. The van der Waals surface area contributed by atoms with Gasteiger partial charge in [0.15, 0.2) is 0 Å². The summed E-state index contributed by atoms with van der Waals surface area (Å²) in [6.07, 6.45) is 0.0196. The molecule has 194 valence electrons. The van der Waals surface area contributed by atoms with Gasteiger partial charge in [0.2, 0.25) is 11.1 Å². The fraction of sp³-hybridized carbons (Fsp3) is 0.207. The van der Waals surface area contributed by atoms with Crippen LogP contribution in [-0.4, -0.2) is 26.8 Å². The zero-order chi connectivity index (χ0) is 26.6. The summed E-state index contributed by atoms with van der Waals surface area (Å²) in [7, 11) is 0. The van der Waals surface area contributed by atoms with Gasteiger partial charge in [0.05, 0.1) is 11.7 Å². The minimum Gasteiger partial charge on any atom is -0.491 e. The van der Waals surface area contributed by atoms with E-state index in [4.69, 9.17) is 26.4 Å². The van der Waals surface area contributed by atoms with Gasteiger partial charge in [0.25, 0.3) is 5.91 Å². The average Bonchev–Trinajstić information content (AvgIpc) is 3.30. The van der Waals surface area contributed by atoms with E-state index < -0.39 is 6.04 Å². The van der Waals surface area contributed by atoms with Gasteiger partial charge in [-0.25, -0.2) is 4.68 Å². The van der Waals surface area contributed by atoms with Crippen molar-refractivity contribution in [2.24, 2.45) is 0 Å². The number of fused-ring (bicyclic) bond motifs is 1. The monoisotopic (exact) mass is 545 g/mol. The molecule has 1 aromatic heterocycles. The quantitative estimate of drug-likeness (QED) is 0.233. The summed E-state index contributed by atoms with van der Waals surface area (Å²) in [5, 5.41) is 12.4. The molecule has 3 aromatic carbocycles. The van der Waals surface area contributed by atoms with E-state index in [1.54, 1.807) is 4.68 Å². The summed E-state index contributed by atoms with van der Waals surface area (Å²) >= 11 is 7.84. The van der Waals surface area contributed by atoms with Crippen LogP contribution in [0.25, 0.3) is 0 Å². The van der Waals surface area contributed by atoms with Crippen molar-refractivity contribution in [1.82, 2.24) is 14.8 Å². The van der Waals surface area contributed by atoms with Gasteiger partial charge in [-0.1, -0.05) is 71.9 Å². The van der Waals surface area contributed by atoms with Crippen LogP contribution in [0.3, 0.4) is 0 Å². The minimum atomic E-state index is -0.507. The summed E-state index contributed by atoms with van der Waals surface area (Å²) in [5.41, 5.74) is 3.86. The van der Waals surface area contributed by atoms with Gasteiger partial charge in [0.1, 0.15) is 11.8 Å². The summed E-state index contributed by atoms with van der Waals surface area (Å²) in [6, 6.07) is 24.4. The molecule has 9 heteroatoms. The predicted octanol–water partition coefficient (Wildman–Crippen LogP) is 6.94. The highest BCUT2D eigenvalue weighted by molar-refractivity contribution is 7.98. The Morgan fingerprint density at radius 2 is 1.87 bits per heavy atom. The first kappa shape index (κ1) is 25.9. The third-order valence-electron chi connectivity index (χ3n) is 5.97. The molecule has 2 N–H and O–H groups in total. The molecule has 7 nitrogen and oxygen atoms in total. The van der Waals surface area contributed by atoms with E-state index in [1.165, 1.54) is 11.8 Å². The van der Waals surface area contributed by atoms with Crippen LogP contribution in [0.2, 0.25) is 5.02 Å². The highest BCUT2D eigenvalue weighted by Gasteiger charge is 2.34. The topological polar surface area (TPSA) is 81.1 Å². The van der Waals surface area contributed by atoms with Crippen molar-refractivity contribution < 1.29 is 9.53 Å². The first-order valence-electron chi connectivity index (χ1n) is 12.3. The first-order valence-corrected chi connectivity index (χ1v) is 13.7. The normalized spacial score (nSPS) is 14.7. The largest absolute Gasteiger partial charge is 0.491 e. The number of carbonyl (C=O) groups excluding carboxylic acids is 1. The molecule has 38 heavy (non-hydrogen) atoms. The predicted molar refractivity (Wildman–Crippen MR) is 153 cm³/mol. The molecule has 1 atom stereocenters. The van der Waals surface area contributed by atoms with Gasteiger partial charge in [-0.2, -0.15) is 4.98 Å². The fourth-order valence-electron chi connectivity index (χ4n) is 4.30. The second-order valence-electron chi connectivity index (χ2n) is 9.17. The molecule has 5 rings (SSSR count). The third-order valence-corrected chi connectivity index (χ3v) is 7.22. The summed E-state index contributed by atoms with van der Waals surface area (Å²) in [5.74, 6) is 1.71. The number of hydrogen-bond acceptors (Lipinski definition) is 6. The van der Waals surface area contributed by atoms with Crippen molar-refractivity contribution in [2.75, 3.05) is 10.6 Å². The third kappa shape index (κ3) is 5.71. The van der Waals surface area contributed by atoms with Crippen LogP contribution in [0, 0.1) is 0 Å². The van der Waals surface area contributed by atoms with Gasteiger partial charge in [-0.3, -0.25) is 4.79 Å². The number of ether oxygens (including phenoxy) is 1. The molecule has 0 fully saturated rings. The smallest absolute Gasteiger partial charge is 0.255 e. The van der Waals surface area contributed by atoms with Gasteiger partial charge >= 0.3 is 0 Å². The van der Waals surface area contributed by atoms with Crippen molar-refractivity contribution in [3.8, 4) is 5.75 Å². The molecule has 0 saturated heterocycles. The Labute approximate surface area is 231 Å². The van der Waals surface area contributed by atoms with Crippen molar-refractivity contribution in [3.63, 3.8) is 0 Å². The van der Waals surface area contributed by atoms with Crippen LogP contribution < -0.4 is 15.4 Å². The number of anilines is 2. The van der Waals surface area contributed by atoms with Crippen LogP contribution in [0.1, 0.15) is 37.9 Å². The number of halogens is 1.